The van der Waals surface area contributed by atoms with E-state index in [1.165, 1.54) is 7.11 Å². The van der Waals surface area contributed by atoms with Crippen molar-refractivity contribution in [3.8, 4) is 0 Å². The van der Waals surface area contributed by atoms with Crippen LogP contribution in [0.5, 0.6) is 0 Å². The molecule has 21 heavy (non-hydrogen) atoms. The number of nitrogens with zero attached hydrogens (tertiary/aromatic N) is 1. The summed E-state index contributed by atoms with van der Waals surface area (Å²) in [5.41, 5.74) is 0.920. The zero-order valence-electron chi connectivity index (χ0n) is 12.6. The quantitative estimate of drug-likeness (QED) is 0.693. The molecule has 0 saturated heterocycles. The molecule has 4 nitrogen and oxygen atoms in total. The topological polar surface area (TPSA) is 46.6 Å². The van der Waals surface area contributed by atoms with Gasteiger partial charge in [-0.2, -0.15) is 0 Å². The molecule has 0 atom stereocenters. The number of esters is 1. The van der Waals surface area contributed by atoms with Gasteiger partial charge >= 0.3 is 5.97 Å². The predicted octanol–water partition coefficient (Wildman–Crippen LogP) is 3.07. The van der Waals surface area contributed by atoms with Crippen molar-refractivity contribution in [2.45, 2.75) is 32.6 Å². The number of benzene rings is 1. The number of hydrogen-bond donors (Lipinski definition) is 0. The van der Waals surface area contributed by atoms with Gasteiger partial charge in [0.2, 0.25) is 5.91 Å². The number of rotatable bonds is 8. The number of carbonyl (C=O) groups is 2. The molecule has 1 amide bonds. The SMILES string of the molecule is CCCCN(CCC(=O)OC)C(=O)Cc1ccc(Cl)cc1. The maximum atomic E-state index is 12.3. The molecule has 0 bridgehead atoms. The predicted molar refractivity (Wildman–Crippen MR) is 83.3 cm³/mol. The van der Waals surface area contributed by atoms with E-state index in [9.17, 15) is 9.59 Å². The summed E-state index contributed by atoms with van der Waals surface area (Å²) in [5.74, 6) is -0.273. The summed E-state index contributed by atoms with van der Waals surface area (Å²) in [5, 5.41) is 0.653. The summed E-state index contributed by atoms with van der Waals surface area (Å²) >= 11 is 5.83. The number of halogens is 1. The molecule has 0 spiro atoms. The average molecular weight is 312 g/mol. The van der Waals surface area contributed by atoms with E-state index in [2.05, 4.69) is 11.7 Å². The fourth-order valence-electron chi connectivity index (χ4n) is 1.93. The van der Waals surface area contributed by atoms with Crippen molar-refractivity contribution in [2.24, 2.45) is 0 Å². The third-order valence-corrected chi connectivity index (χ3v) is 3.47. The van der Waals surface area contributed by atoms with E-state index in [0.717, 1.165) is 18.4 Å². The van der Waals surface area contributed by atoms with Gasteiger partial charge in [0, 0.05) is 18.1 Å². The zero-order chi connectivity index (χ0) is 15.7. The van der Waals surface area contributed by atoms with Gasteiger partial charge in [-0.05, 0) is 24.1 Å². The van der Waals surface area contributed by atoms with Crippen LogP contribution in [0.15, 0.2) is 24.3 Å². The summed E-state index contributed by atoms with van der Waals surface area (Å²) in [7, 11) is 1.36. The van der Waals surface area contributed by atoms with Gasteiger partial charge in [-0.15, -0.1) is 0 Å². The number of carbonyl (C=O) groups excluding carboxylic acids is 2. The minimum atomic E-state index is -0.296. The summed E-state index contributed by atoms with van der Waals surface area (Å²) < 4.78 is 4.62. The smallest absolute Gasteiger partial charge is 0.307 e. The van der Waals surface area contributed by atoms with Crippen LogP contribution in [0.1, 0.15) is 31.7 Å². The monoisotopic (exact) mass is 311 g/mol. The lowest BCUT2D eigenvalue weighted by molar-refractivity contribution is -0.141. The normalized spacial score (nSPS) is 10.2. The Hall–Kier alpha value is -1.55. The standard InChI is InChI=1S/C16H22ClNO3/c1-3-4-10-18(11-9-16(20)21-2)15(19)12-13-5-7-14(17)8-6-13/h5-8H,3-4,9-12H2,1-2H3. The Labute approximate surface area is 131 Å². The molecule has 0 saturated carbocycles. The van der Waals surface area contributed by atoms with Crippen LogP contribution in [0.25, 0.3) is 0 Å². The average Bonchev–Trinajstić information content (AvgIpc) is 2.49. The van der Waals surface area contributed by atoms with E-state index in [1.807, 2.05) is 12.1 Å². The maximum absolute atomic E-state index is 12.3. The first-order valence-electron chi connectivity index (χ1n) is 7.15. The highest BCUT2D eigenvalue weighted by Crippen LogP contribution is 2.11. The molecule has 1 aromatic rings. The van der Waals surface area contributed by atoms with Gasteiger partial charge in [0.1, 0.15) is 0 Å². The Morgan fingerprint density at radius 3 is 2.43 bits per heavy atom. The van der Waals surface area contributed by atoms with E-state index in [0.29, 0.717) is 24.5 Å². The molecule has 0 radical (unpaired) electrons. The van der Waals surface area contributed by atoms with Crippen molar-refractivity contribution in [1.82, 2.24) is 4.90 Å². The molecule has 5 heteroatoms. The van der Waals surface area contributed by atoms with Crippen molar-refractivity contribution >= 4 is 23.5 Å². The summed E-state index contributed by atoms with van der Waals surface area (Å²) in [6.07, 6.45) is 2.48. The number of unbranched alkanes of at least 4 members (excludes halogenated alkanes) is 1. The summed E-state index contributed by atoms with van der Waals surface area (Å²) in [6, 6.07) is 7.24. The van der Waals surface area contributed by atoms with E-state index < -0.39 is 0 Å². The van der Waals surface area contributed by atoms with Crippen molar-refractivity contribution < 1.29 is 14.3 Å². The van der Waals surface area contributed by atoms with Gasteiger partial charge in [-0.25, -0.2) is 0 Å². The molecule has 0 unspecified atom stereocenters. The van der Waals surface area contributed by atoms with E-state index >= 15 is 0 Å². The molecule has 1 aromatic carbocycles. The van der Waals surface area contributed by atoms with Gasteiger partial charge in [0.15, 0.2) is 0 Å². The molecule has 0 aromatic heterocycles. The number of ether oxygens (including phenoxy) is 1. The fourth-order valence-corrected chi connectivity index (χ4v) is 2.05. The first kappa shape index (κ1) is 17.5. The van der Waals surface area contributed by atoms with Crippen LogP contribution >= 0.6 is 11.6 Å². The molecule has 1 rings (SSSR count). The lowest BCUT2D eigenvalue weighted by Gasteiger charge is -2.22. The first-order valence-corrected chi connectivity index (χ1v) is 7.53. The Balaban J connectivity index is 2.60. The van der Waals surface area contributed by atoms with Crippen LogP contribution < -0.4 is 0 Å². The van der Waals surface area contributed by atoms with Crippen molar-refractivity contribution in [1.29, 1.82) is 0 Å². The van der Waals surface area contributed by atoms with Crippen LogP contribution in [0.3, 0.4) is 0 Å². The maximum Gasteiger partial charge on any atom is 0.307 e. The number of hydrogen-bond acceptors (Lipinski definition) is 3. The molecule has 0 heterocycles. The molecular formula is C16H22ClNO3. The van der Waals surface area contributed by atoms with E-state index in [-0.39, 0.29) is 18.3 Å². The van der Waals surface area contributed by atoms with Crippen molar-refractivity contribution in [2.75, 3.05) is 20.2 Å². The highest BCUT2D eigenvalue weighted by atomic mass is 35.5. The fraction of sp³-hybridized carbons (Fsp3) is 0.500. The molecular weight excluding hydrogens is 290 g/mol. The van der Waals surface area contributed by atoms with Crippen molar-refractivity contribution in [3.63, 3.8) is 0 Å². The minimum absolute atomic E-state index is 0.0228. The second-order valence-electron chi connectivity index (χ2n) is 4.86. The molecule has 116 valence electrons. The van der Waals surface area contributed by atoms with Gasteiger partial charge in [-0.1, -0.05) is 37.1 Å². The van der Waals surface area contributed by atoms with Crippen LogP contribution in [-0.4, -0.2) is 37.0 Å². The Morgan fingerprint density at radius 1 is 1.19 bits per heavy atom. The third-order valence-electron chi connectivity index (χ3n) is 3.22. The Morgan fingerprint density at radius 2 is 1.86 bits per heavy atom. The van der Waals surface area contributed by atoms with E-state index in [1.54, 1.807) is 17.0 Å². The Kier molecular flexibility index (Phi) is 7.83. The van der Waals surface area contributed by atoms with Gasteiger partial charge in [0.05, 0.1) is 20.0 Å². The minimum Gasteiger partial charge on any atom is -0.469 e. The molecule has 0 aliphatic heterocycles. The van der Waals surface area contributed by atoms with Crippen LogP contribution in [0.2, 0.25) is 5.02 Å². The molecule has 0 fully saturated rings. The van der Waals surface area contributed by atoms with Crippen LogP contribution in [-0.2, 0) is 20.7 Å². The molecule has 0 aliphatic carbocycles. The highest BCUT2D eigenvalue weighted by Gasteiger charge is 2.15. The van der Waals surface area contributed by atoms with E-state index in [4.69, 9.17) is 11.6 Å². The van der Waals surface area contributed by atoms with Crippen LogP contribution in [0.4, 0.5) is 0 Å². The van der Waals surface area contributed by atoms with Crippen LogP contribution in [0, 0.1) is 0 Å². The van der Waals surface area contributed by atoms with Gasteiger partial charge in [-0.3, -0.25) is 9.59 Å². The lowest BCUT2D eigenvalue weighted by Crippen LogP contribution is -2.35. The number of amides is 1. The number of methoxy groups -OCH3 is 1. The summed E-state index contributed by atoms with van der Waals surface area (Å²) in [6.45, 7) is 3.14. The second kappa shape index (κ2) is 9.40. The van der Waals surface area contributed by atoms with Crippen molar-refractivity contribution in [3.05, 3.63) is 34.9 Å². The van der Waals surface area contributed by atoms with Gasteiger partial charge in [0.25, 0.3) is 0 Å². The molecule has 0 N–H and O–H groups in total. The second-order valence-corrected chi connectivity index (χ2v) is 5.30. The first-order chi connectivity index (χ1) is 10.1. The summed E-state index contributed by atoms with van der Waals surface area (Å²) in [4.78, 5) is 25.3. The Bertz CT molecular complexity index is 459. The third kappa shape index (κ3) is 6.63. The highest BCUT2D eigenvalue weighted by molar-refractivity contribution is 6.30. The molecule has 0 aliphatic rings. The lowest BCUT2D eigenvalue weighted by atomic mass is 10.1. The zero-order valence-corrected chi connectivity index (χ0v) is 13.4. The largest absolute Gasteiger partial charge is 0.469 e. The van der Waals surface area contributed by atoms with Gasteiger partial charge < -0.3 is 9.64 Å².